The van der Waals surface area contributed by atoms with Crippen molar-refractivity contribution in [1.29, 1.82) is 0 Å². The van der Waals surface area contributed by atoms with E-state index < -0.39 is 41.0 Å². The first kappa shape index (κ1) is 20.4. The molecule has 0 aromatic heterocycles. The van der Waals surface area contributed by atoms with Crippen LogP contribution in [-0.4, -0.2) is 85.8 Å². The maximum absolute atomic E-state index is 15.4. The number of amides is 1. The average molecular weight is 420 g/mol. The molecule has 4 aliphatic rings. The molecule has 0 bridgehead atoms. The Labute approximate surface area is 165 Å². The monoisotopic (exact) mass is 419 g/mol. The number of hydrogen-bond donors (Lipinski definition) is 4. The third-order valence-corrected chi connectivity index (χ3v) is 8.14. The zero-order valence-electron chi connectivity index (χ0n) is 15.9. The number of carbonyl (C=O) groups excluding carboxylic acids is 1. The maximum Gasteiger partial charge on any atom is 0.304 e. The number of nitrogens with zero attached hydrogens (tertiary/aromatic N) is 2. The van der Waals surface area contributed by atoms with Gasteiger partial charge in [-0.1, -0.05) is 0 Å². The third kappa shape index (κ3) is 4.05. The van der Waals surface area contributed by atoms with Gasteiger partial charge in [0.05, 0.1) is 18.7 Å². The van der Waals surface area contributed by atoms with Crippen molar-refractivity contribution in [3.05, 3.63) is 0 Å². The summed E-state index contributed by atoms with van der Waals surface area (Å²) in [7, 11) is -4.07. The van der Waals surface area contributed by atoms with Gasteiger partial charge in [0.2, 0.25) is 5.91 Å². The Hall–Kier alpha value is -0.850. The summed E-state index contributed by atoms with van der Waals surface area (Å²) < 4.78 is 42.4. The molecule has 2 saturated heterocycles. The standard InChI is InChI=1S/C17H30FN5O4S/c18-16-13-9-12(19-5-7-22-6-1-4-20-22)3-2-11(13)8-14(24)17(16)23-10-15(25)21-28(23,26)27/h11-14,16-17,19-20,24H,1-10H2,(H,21,25). The molecule has 28 heavy (non-hydrogen) atoms. The molecular weight excluding hydrogens is 389 g/mol. The van der Waals surface area contributed by atoms with Crippen LogP contribution in [0.5, 0.6) is 0 Å². The van der Waals surface area contributed by atoms with Crippen LogP contribution in [0.25, 0.3) is 0 Å². The lowest BCUT2D eigenvalue weighted by atomic mass is 9.66. The number of fused-ring (bicyclic) bond motifs is 1. The Balaban J connectivity index is 1.38. The molecule has 2 aliphatic heterocycles. The van der Waals surface area contributed by atoms with Gasteiger partial charge in [-0.05, 0) is 43.9 Å². The van der Waals surface area contributed by atoms with Crippen molar-refractivity contribution in [3.63, 3.8) is 0 Å². The van der Waals surface area contributed by atoms with Crippen LogP contribution in [-0.2, 0) is 15.0 Å². The Bertz CT molecular complexity index is 689. The molecule has 2 aliphatic carbocycles. The van der Waals surface area contributed by atoms with Gasteiger partial charge in [0.15, 0.2) is 0 Å². The summed E-state index contributed by atoms with van der Waals surface area (Å²) >= 11 is 0. The molecule has 2 saturated carbocycles. The lowest BCUT2D eigenvalue weighted by Crippen LogP contribution is -2.59. The summed E-state index contributed by atoms with van der Waals surface area (Å²) in [5.74, 6) is -0.941. The van der Waals surface area contributed by atoms with Crippen molar-refractivity contribution in [2.45, 2.75) is 56.5 Å². The number of carbonyl (C=O) groups is 1. The van der Waals surface area contributed by atoms with Gasteiger partial charge in [-0.2, -0.15) is 12.7 Å². The average Bonchev–Trinajstić information content (AvgIpc) is 3.23. The maximum atomic E-state index is 15.4. The van der Waals surface area contributed by atoms with E-state index >= 15 is 4.39 Å². The fourth-order valence-electron chi connectivity index (χ4n) is 5.31. The topological polar surface area (TPSA) is 114 Å². The molecule has 2 heterocycles. The largest absolute Gasteiger partial charge is 0.391 e. The number of nitrogens with one attached hydrogen (secondary N) is 3. The van der Waals surface area contributed by atoms with Crippen LogP contribution in [0.4, 0.5) is 4.39 Å². The lowest BCUT2D eigenvalue weighted by molar-refractivity contribution is -0.119. The molecular formula is C17H30FN5O4S. The number of alkyl halides is 1. The van der Waals surface area contributed by atoms with Crippen molar-refractivity contribution >= 4 is 16.1 Å². The number of aliphatic hydroxyl groups is 1. The van der Waals surface area contributed by atoms with E-state index in [4.69, 9.17) is 0 Å². The van der Waals surface area contributed by atoms with Gasteiger partial charge >= 0.3 is 10.2 Å². The summed E-state index contributed by atoms with van der Waals surface area (Å²) in [6.07, 6.45) is 1.32. The molecule has 4 rings (SSSR count). The van der Waals surface area contributed by atoms with E-state index in [2.05, 4.69) is 15.8 Å². The van der Waals surface area contributed by atoms with Crippen LogP contribution in [0.2, 0.25) is 0 Å². The van der Waals surface area contributed by atoms with Crippen LogP contribution >= 0.6 is 0 Å². The van der Waals surface area contributed by atoms with Gasteiger partial charge < -0.3 is 10.4 Å². The van der Waals surface area contributed by atoms with Crippen LogP contribution in [0.1, 0.15) is 32.1 Å². The Morgan fingerprint density at radius 2 is 2.11 bits per heavy atom. The van der Waals surface area contributed by atoms with Crippen LogP contribution in [0, 0.1) is 11.8 Å². The van der Waals surface area contributed by atoms with Gasteiger partial charge in [-0.3, -0.25) is 10.2 Å². The van der Waals surface area contributed by atoms with Crippen molar-refractivity contribution in [3.8, 4) is 0 Å². The van der Waals surface area contributed by atoms with Gasteiger partial charge in [-0.25, -0.2) is 14.1 Å². The molecule has 4 fully saturated rings. The SMILES string of the molecule is O=C1CN(C2C(O)CC3CCC(NCCN4CCCN4)CC3C2F)S(=O)(=O)N1. The van der Waals surface area contributed by atoms with E-state index in [1.807, 2.05) is 4.72 Å². The second-order valence-corrected chi connectivity index (χ2v) is 10.1. The smallest absolute Gasteiger partial charge is 0.304 e. The van der Waals surface area contributed by atoms with Gasteiger partial charge in [0.1, 0.15) is 6.17 Å². The highest BCUT2D eigenvalue weighted by molar-refractivity contribution is 7.88. The molecule has 6 unspecified atom stereocenters. The quantitative estimate of drug-likeness (QED) is 0.439. The highest BCUT2D eigenvalue weighted by Crippen LogP contribution is 2.44. The summed E-state index contributed by atoms with van der Waals surface area (Å²) in [4.78, 5) is 11.5. The summed E-state index contributed by atoms with van der Waals surface area (Å²) in [5, 5.41) is 16.2. The van der Waals surface area contributed by atoms with Crippen molar-refractivity contribution in [2.24, 2.45) is 11.8 Å². The van der Waals surface area contributed by atoms with Crippen molar-refractivity contribution in [1.82, 2.24) is 24.8 Å². The highest BCUT2D eigenvalue weighted by Gasteiger charge is 2.53. The molecule has 9 nitrogen and oxygen atoms in total. The number of hydrazine groups is 1. The van der Waals surface area contributed by atoms with E-state index in [1.165, 1.54) is 0 Å². The number of hydrogen-bond acceptors (Lipinski definition) is 7. The normalized spacial score (nSPS) is 41.7. The summed E-state index contributed by atoms with van der Waals surface area (Å²) in [6.45, 7) is 3.34. The minimum Gasteiger partial charge on any atom is -0.391 e. The van der Waals surface area contributed by atoms with E-state index in [0.29, 0.717) is 12.8 Å². The van der Waals surface area contributed by atoms with E-state index in [-0.39, 0.29) is 17.9 Å². The van der Waals surface area contributed by atoms with Crippen molar-refractivity contribution < 1.29 is 22.7 Å². The number of aliphatic hydroxyl groups excluding tert-OH is 1. The second-order valence-electron chi connectivity index (χ2n) is 8.45. The zero-order valence-corrected chi connectivity index (χ0v) is 16.7. The van der Waals surface area contributed by atoms with Crippen LogP contribution in [0.15, 0.2) is 0 Å². The molecule has 0 aromatic carbocycles. The van der Waals surface area contributed by atoms with Gasteiger partial charge in [0, 0.05) is 32.2 Å². The first-order valence-electron chi connectivity index (χ1n) is 10.2. The van der Waals surface area contributed by atoms with E-state index in [0.717, 1.165) is 49.7 Å². The summed E-state index contributed by atoms with van der Waals surface area (Å²) in [6, 6.07) is -1.01. The fourth-order valence-corrected chi connectivity index (χ4v) is 6.64. The molecule has 1 amide bonds. The molecule has 4 N–H and O–H groups in total. The molecule has 0 radical (unpaired) electrons. The number of halogens is 1. The number of rotatable bonds is 5. The Morgan fingerprint density at radius 1 is 1.29 bits per heavy atom. The highest BCUT2D eigenvalue weighted by atomic mass is 32.2. The molecule has 160 valence electrons. The molecule has 11 heteroatoms. The van der Waals surface area contributed by atoms with Crippen LogP contribution in [0.3, 0.4) is 0 Å². The first-order chi connectivity index (χ1) is 13.3. The molecule has 0 aromatic rings. The predicted molar refractivity (Wildman–Crippen MR) is 99.9 cm³/mol. The lowest BCUT2D eigenvalue weighted by Gasteiger charge is -2.48. The Morgan fingerprint density at radius 3 is 2.79 bits per heavy atom. The third-order valence-electron chi connectivity index (χ3n) is 6.66. The minimum atomic E-state index is -4.07. The minimum absolute atomic E-state index is 0.0496. The van der Waals surface area contributed by atoms with Crippen LogP contribution < -0.4 is 15.5 Å². The van der Waals surface area contributed by atoms with Gasteiger partial charge in [0.25, 0.3) is 0 Å². The van der Waals surface area contributed by atoms with Crippen molar-refractivity contribution in [2.75, 3.05) is 32.7 Å². The summed E-state index contributed by atoms with van der Waals surface area (Å²) in [5.41, 5.74) is 3.31. The second kappa shape index (κ2) is 8.11. The van der Waals surface area contributed by atoms with E-state index in [1.54, 1.807) is 0 Å². The fraction of sp³-hybridized carbons (Fsp3) is 0.941. The Kier molecular flexibility index (Phi) is 5.92. The zero-order chi connectivity index (χ0) is 19.9. The predicted octanol–water partition coefficient (Wildman–Crippen LogP) is -1.28. The molecule has 0 spiro atoms. The van der Waals surface area contributed by atoms with E-state index in [9.17, 15) is 18.3 Å². The first-order valence-corrected chi connectivity index (χ1v) is 11.7. The molecule has 6 atom stereocenters. The van der Waals surface area contributed by atoms with Gasteiger partial charge in [-0.15, -0.1) is 0 Å².